The van der Waals surface area contributed by atoms with Crippen LogP contribution < -0.4 is 10.3 Å². The van der Waals surface area contributed by atoms with Gasteiger partial charge < -0.3 is 9.30 Å². The van der Waals surface area contributed by atoms with Crippen LogP contribution in [0.2, 0.25) is 0 Å². The van der Waals surface area contributed by atoms with Gasteiger partial charge in [0.1, 0.15) is 5.75 Å². The van der Waals surface area contributed by atoms with Crippen LogP contribution in [0.15, 0.2) is 47.7 Å². The minimum absolute atomic E-state index is 0.0403. The Kier molecular flexibility index (Phi) is 3.22. The minimum atomic E-state index is -0.0403. The van der Waals surface area contributed by atoms with Gasteiger partial charge in [0, 0.05) is 31.2 Å². The van der Waals surface area contributed by atoms with Gasteiger partial charge in [-0.25, -0.2) is 0 Å². The molecule has 2 heterocycles. The zero-order chi connectivity index (χ0) is 15.0. The number of ether oxygens (including phenoxy) is 1. The van der Waals surface area contributed by atoms with Gasteiger partial charge in [0.05, 0.1) is 12.5 Å². The van der Waals surface area contributed by atoms with E-state index in [1.165, 1.54) is 0 Å². The van der Waals surface area contributed by atoms with E-state index in [2.05, 4.69) is 11.1 Å². The fourth-order valence-corrected chi connectivity index (χ4v) is 2.56. The third-order valence-corrected chi connectivity index (χ3v) is 3.58. The van der Waals surface area contributed by atoms with E-state index in [0.717, 1.165) is 27.8 Å². The van der Waals surface area contributed by atoms with E-state index in [1.807, 2.05) is 31.3 Å². The number of benzene rings is 1. The summed E-state index contributed by atoms with van der Waals surface area (Å²) in [5, 5.41) is 1.53. The molecule has 0 aliphatic rings. The van der Waals surface area contributed by atoms with E-state index in [4.69, 9.17) is 4.74 Å². The highest BCUT2D eigenvalue weighted by atomic mass is 16.5. The van der Waals surface area contributed by atoms with E-state index >= 15 is 0 Å². The lowest BCUT2D eigenvalue weighted by Gasteiger charge is -2.11. The normalized spacial score (nSPS) is 10.8. The Morgan fingerprint density at radius 3 is 2.76 bits per heavy atom. The van der Waals surface area contributed by atoms with Gasteiger partial charge in [-0.05, 0) is 41.6 Å². The van der Waals surface area contributed by atoms with Crippen molar-refractivity contribution in [3.8, 4) is 16.9 Å². The highest BCUT2D eigenvalue weighted by molar-refractivity contribution is 5.95. The maximum Gasteiger partial charge on any atom is 0.259 e. The lowest BCUT2D eigenvalue weighted by Crippen LogP contribution is -2.16. The van der Waals surface area contributed by atoms with Crippen molar-refractivity contribution in [3.63, 3.8) is 0 Å². The monoisotopic (exact) mass is 280 g/mol. The summed E-state index contributed by atoms with van der Waals surface area (Å²) in [4.78, 5) is 16.3. The zero-order valence-corrected chi connectivity index (χ0v) is 12.3. The summed E-state index contributed by atoms with van der Waals surface area (Å²) in [6.45, 7) is 2.03. The number of fused-ring (bicyclic) bond motifs is 1. The van der Waals surface area contributed by atoms with Crippen LogP contribution in [-0.4, -0.2) is 16.7 Å². The second-order valence-corrected chi connectivity index (χ2v) is 5.12. The van der Waals surface area contributed by atoms with Crippen LogP contribution in [0, 0.1) is 6.92 Å². The number of nitrogens with zero attached hydrogens (tertiary/aromatic N) is 2. The summed E-state index contributed by atoms with van der Waals surface area (Å²) < 4.78 is 6.93. The van der Waals surface area contributed by atoms with Gasteiger partial charge in [0.2, 0.25) is 0 Å². The largest absolute Gasteiger partial charge is 0.497 e. The number of aromatic nitrogens is 2. The number of methoxy groups -OCH3 is 1. The van der Waals surface area contributed by atoms with Crippen LogP contribution >= 0.6 is 0 Å². The average Bonchev–Trinajstić information content (AvgIpc) is 2.50. The summed E-state index contributed by atoms with van der Waals surface area (Å²) in [5.74, 6) is 0.807. The van der Waals surface area contributed by atoms with Gasteiger partial charge in [-0.2, -0.15) is 0 Å². The first-order valence-electron chi connectivity index (χ1n) is 6.69. The number of aryl methyl sites for hydroxylation is 2. The molecule has 0 aliphatic carbocycles. The van der Waals surface area contributed by atoms with Crippen molar-refractivity contribution in [2.75, 3.05) is 7.11 Å². The second kappa shape index (κ2) is 5.05. The Morgan fingerprint density at radius 1 is 1.19 bits per heavy atom. The summed E-state index contributed by atoms with van der Waals surface area (Å²) in [6, 6.07) is 7.92. The molecule has 0 atom stereocenters. The third kappa shape index (κ3) is 2.29. The van der Waals surface area contributed by atoms with Crippen molar-refractivity contribution >= 4 is 10.8 Å². The van der Waals surface area contributed by atoms with Gasteiger partial charge in [-0.3, -0.25) is 9.78 Å². The maximum atomic E-state index is 12.2. The van der Waals surface area contributed by atoms with Gasteiger partial charge in [0.25, 0.3) is 5.56 Å². The van der Waals surface area contributed by atoms with E-state index in [1.54, 1.807) is 31.1 Å². The molecule has 0 amide bonds. The quantitative estimate of drug-likeness (QED) is 0.725. The molecule has 21 heavy (non-hydrogen) atoms. The first-order valence-corrected chi connectivity index (χ1v) is 6.69. The van der Waals surface area contributed by atoms with Crippen LogP contribution in [0.5, 0.6) is 5.75 Å². The first-order chi connectivity index (χ1) is 10.1. The van der Waals surface area contributed by atoms with Crippen LogP contribution in [0.3, 0.4) is 0 Å². The molecule has 3 rings (SSSR count). The Morgan fingerprint density at radius 2 is 2.00 bits per heavy atom. The molecule has 0 radical (unpaired) electrons. The van der Waals surface area contributed by atoms with Crippen LogP contribution in [0.4, 0.5) is 0 Å². The van der Waals surface area contributed by atoms with Gasteiger partial charge in [-0.1, -0.05) is 6.07 Å². The molecular weight excluding hydrogens is 264 g/mol. The zero-order valence-electron chi connectivity index (χ0n) is 12.3. The lowest BCUT2D eigenvalue weighted by molar-refractivity contribution is 0.414. The molecule has 0 unspecified atom stereocenters. The smallest absolute Gasteiger partial charge is 0.259 e. The molecule has 1 aromatic carbocycles. The molecule has 0 N–H and O–H groups in total. The van der Waals surface area contributed by atoms with Crippen molar-refractivity contribution in [1.29, 1.82) is 0 Å². The summed E-state index contributed by atoms with van der Waals surface area (Å²) >= 11 is 0. The topological polar surface area (TPSA) is 44.1 Å². The highest BCUT2D eigenvalue weighted by Crippen LogP contribution is 2.30. The van der Waals surface area contributed by atoms with Crippen LogP contribution in [-0.2, 0) is 7.05 Å². The van der Waals surface area contributed by atoms with E-state index in [9.17, 15) is 4.79 Å². The predicted octanol–water partition coefficient (Wildman–Crippen LogP) is 2.92. The Hall–Kier alpha value is -2.62. The molecular formula is C17H16N2O2. The van der Waals surface area contributed by atoms with E-state index in [0.29, 0.717) is 5.39 Å². The second-order valence-electron chi connectivity index (χ2n) is 5.12. The Labute approximate surface area is 122 Å². The average molecular weight is 280 g/mol. The van der Waals surface area contributed by atoms with Crippen molar-refractivity contribution in [2.24, 2.45) is 7.05 Å². The van der Waals surface area contributed by atoms with Crippen molar-refractivity contribution < 1.29 is 4.74 Å². The predicted molar refractivity (Wildman–Crippen MR) is 83.7 cm³/mol. The Bertz CT molecular complexity index is 882. The fraction of sp³-hybridized carbons (Fsp3) is 0.176. The third-order valence-electron chi connectivity index (χ3n) is 3.58. The maximum absolute atomic E-state index is 12.2. The SMILES string of the molecule is COc1cc(C)cc(-c2cn(C)c(=O)c3cnccc23)c1. The number of pyridine rings is 2. The summed E-state index contributed by atoms with van der Waals surface area (Å²) in [5.41, 5.74) is 3.09. The molecule has 0 fully saturated rings. The molecule has 0 saturated carbocycles. The lowest BCUT2D eigenvalue weighted by atomic mass is 10.00. The van der Waals surface area contributed by atoms with Gasteiger partial charge in [0.15, 0.2) is 0 Å². The molecule has 106 valence electrons. The van der Waals surface area contributed by atoms with Crippen molar-refractivity contribution in [2.45, 2.75) is 6.92 Å². The molecule has 0 spiro atoms. The van der Waals surface area contributed by atoms with Gasteiger partial charge in [-0.15, -0.1) is 0 Å². The summed E-state index contributed by atoms with van der Waals surface area (Å²) in [7, 11) is 3.41. The molecule has 0 saturated heterocycles. The standard InChI is InChI=1S/C17H16N2O2/c1-11-6-12(8-13(7-11)21-3)16-10-19(2)17(20)15-9-18-5-4-14(15)16/h4-10H,1-3H3. The van der Waals surface area contributed by atoms with Gasteiger partial charge >= 0.3 is 0 Å². The van der Waals surface area contributed by atoms with Crippen LogP contribution in [0.25, 0.3) is 21.9 Å². The summed E-state index contributed by atoms with van der Waals surface area (Å²) in [6.07, 6.45) is 5.19. The molecule has 0 aliphatic heterocycles. The van der Waals surface area contributed by atoms with E-state index in [-0.39, 0.29) is 5.56 Å². The van der Waals surface area contributed by atoms with E-state index < -0.39 is 0 Å². The number of hydrogen-bond donors (Lipinski definition) is 0. The van der Waals surface area contributed by atoms with Crippen molar-refractivity contribution in [3.05, 3.63) is 58.8 Å². The molecule has 4 nitrogen and oxygen atoms in total. The minimum Gasteiger partial charge on any atom is -0.497 e. The molecule has 2 aromatic heterocycles. The Balaban J connectivity index is 2.38. The van der Waals surface area contributed by atoms with Crippen LogP contribution in [0.1, 0.15) is 5.56 Å². The number of rotatable bonds is 2. The van der Waals surface area contributed by atoms with Crippen molar-refractivity contribution in [1.82, 2.24) is 9.55 Å². The molecule has 4 heteroatoms. The molecule has 0 bridgehead atoms. The fourth-order valence-electron chi connectivity index (χ4n) is 2.56. The highest BCUT2D eigenvalue weighted by Gasteiger charge is 2.10. The molecule has 3 aromatic rings. The first kappa shape index (κ1) is 13.4. The number of hydrogen-bond acceptors (Lipinski definition) is 3.